The van der Waals surface area contributed by atoms with Crippen LogP contribution >= 0.6 is 0 Å². The molecule has 0 spiro atoms. The van der Waals surface area contributed by atoms with Crippen molar-refractivity contribution in [1.82, 2.24) is 9.71 Å². The van der Waals surface area contributed by atoms with Gasteiger partial charge >= 0.3 is 0 Å². The van der Waals surface area contributed by atoms with Crippen LogP contribution in [0, 0.1) is 5.41 Å². The van der Waals surface area contributed by atoms with E-state index in [1.165, 1.54) is 6.07 Å². The fraction of sp³-hybridized carbons (Fsp3) is 0.583. The third-order valence-electron chi connectivity index (χ3n) is 3.54. The van der Waals surface area contributed by atoms with Gasteiger partial charge in [-0.25, -0.2) is 13.1 Å². The predicted molar refractivity (Wildman–Crippen MR) is 72.4 cm³/mol. The minimum atomic E-state index is -3.67. The third kappa shape index (κ3) is 3.89. The number of pyridine rings is 1. The van der Waals surface area contributed by atoms with Gasteiger partial charge in [-0.2, -0.15) is 0 Å². The zero-order valence-electron chi connectivity index (χ0n) is 11.1. The molecule has 0 aliphatic heterocycles. The molecule has 0 aliphatic carbocycles. The van der Waals surface area contributed by atoms with Crippen molar-refractivity contribution in [3.63, 3.8) is 0 Å². The largest absolute Gasteiger partial charge is 0.396 e. The highest BCUT2D eigenvalue weighted by molar-refractivity contribution is 7.89. The summed E-state index contributed by atoms with van der Waals surface area (Å²) >= 11 is 0. The van der Waals surface area contributed by atoms with Gasteiger partial charge in [-0.1, -0.05) is 13.8 Å². The van der Waals surface area contributed by atoms with E-state index in [0.717, 1.165) is 12.3 Å². The molecule has 0 fully saturated rings. The fourth-order valence-electron chi connectivity index (χ4n) is 1.67. The molecule has 1 aromatic rings. The van der Waals surface area contributed by atoms with Gasteiger partial charge < -0.3 is 10.1 Å². The molecule has 1 heterocycles. The Morgan fingerprint density at radius 3 is 2.37 bits per heavy atom. The van der Waals surface area contributed by atoms with Crippen LogP contribution in [0.25, 0.3) is 0 Å². The highest BCUT2D eigenvalue weighted by Crippen LogP contribution is 2.25. The van der Waals surface area contributed by atoms with Crippen LogP contribution in [0.4, 0.5) is 0 Å². The molecule has 6 nitrogen and oxygen atoms in total. The first-order valence-corrected chi connectivity index (χ1v) is 7.67. The first-order valence-electron chi connectivity index (χ1n) is 6.18. The van der Waals surface area contributed by atoms with E-state index in [-0.39, 0.29) is 23.6 Å². The van der Waals surface area contributed by atoms with E-state index < -0.39 is 15.4 Å². The van der Waals surface area contributed by atoms with Crippen molar-refractivity contribution >= 4 is 10.0 Å². The lowest BCUT2D eigenvalue weighted by molar-refractivity contribution is 0.119. The number of aromatic nitrogens is 1. The maximum Gasteiger partial charge on any atom is 0.247 e. The zero-order chi connectivity index (χ0) is 14.5. The van der Waals surface area contributed by atoms with Gasteiger partial charge in [-0.05, 0) is 18.9 Å². The number of sulfonamides is 1. The van der Waals surface area contributed by atoms with Crippen molar-refractivity contribution in [2.75, 3.05) is 13.2 Å². The Hall–Kier alpha value is -1.18. The Bertz CT molecular complexity index is 533. The summed E-state index contributed by atoms with van der Waals surface area (Å²) in [6, 6.07) is 2.41. The minimum Gasteiger partial charge on any atom is -0.396 e. The fourth-order valence-corrected chi connectivity index (χ4v) is 2.80. The monoisotopic (exact) mass is 288 g/mol. The molecule has 0 amide bonds. The van der Waals surface area contributed by atoms with Crippen molar-refractivity contribution < 1.29 is 13.5 Å². The van der Waals surface area contributed by atoms with Crippen LogP contribution in [0.3, 0.4) is 0 Å². The summed E-state index contributed by atoms with van der Waals surface area (Å²) in [6.07, 6.45) is 2.51. The number of rotatable bonds is 7. The predicted octanol–water partition coefficient (Wildman–Crippen LogP) is 0.452. The average molecular weight is 288 g/mol. The highest BCUT2D eigenvalue weighted by atomic mass is 32.2. The number of nitrogens with one attached hydrogen (secondary N) is 2. The van der Waals surface area contributed by atoms with Gasteiger partial charge in [0.1, 0.15) is 0 Å². The Balaban J connectivity index is 2.86. The van der Waals surface area contributed by atoms with E-state index in [2.05, 4.69) is 9.71 Å². The van der Waals surface area contributed by atoms with E-state index in [1.807, 2.05) is 13.8 Å². The summed E-state index contributed by atoms with van der Waals surface area (Å²) in [5, 5.41) is 9.40. The maximum absolute atomic E-state index is 12.0. The van der Waals surface area contributed by atoms with Gasteiger partial charge in [-0.3, -0.25) is 4.79 Å². The zero-order valence-corrected chi connectivity index (χ0v) is 12.0. The Morgan fingerprint density at radius 1 is 1.32 bits per heavy atom. The van der Waals surface area contributed by atoms with Gasteiger partial charge in [0.15, 0.2) is 0 Å². The molecular formula is C12H20N2O4S. The Labute approximate surface area is 112 Å². The standard InChI is InChI=1S/C12H20N2O4S/c1-3-12(4-2,9-15)8-14-19(17,18)10-5-6-11(16)13-7-10/h5-7,14-15H,3-4,8-9H2,1-2H3,(H,13,16). The van der Waals surface area contributed by atoms with Crippen LogP contribution in [0.1, 0.15) is 26.7 Å². The third-order valence-corrected chi connectivity index (χ3v) is 4.94. The molecule has 0 aromatic carbocycles. The number of H-pyrrole nitrogens is 1. The molecule has 7 heteroatoms. The van der Waals surface area contributed by atoms with Gasteiger partial charge in [0, 0.05) is 30.8 Å². The van der Waals surface area contributed by atoms with E-state index in [0.29, 0.717) is 12.8 Å². The van der Waals surface area contributed by atoms with E-state index in [4.69, 9.17) is 0 Å². The molecule has 3 N–H and O–H groups in total. The second kappa shape index (κ2) is 6.31. The average Bonchev–Trinajstić information content (AvgIpc) is 2.41. The molecule has 1 rings (SSSR count). The summed E-state index contributed by atoms with van der Waals surface area (Å²) in [5.74, 6) is 0. The van der Waals surface area contributed by atoms with Crippen LogP contribution in [-0.4, -0.2) is 31.7 Å². The van der Waals surface area contributed by atoms with Gasteiger partial charge in [0.25, 0.3) is 0 Å². The van der Waals surface area contributed by atoms with Crippen molar-refractivity contribution in [2.24, 2.45) is 5.41 Å². The molecule has 0 saturated carbocycles. The quantitative estimate of drug-likeness (QED) is 0.678. The first kappa shape index (κ1) is 15.9. The number of aliphatic hydroxyl groups is 1. The smallest absolute Gasteiger partial charge is 0.247 e. The Morgan fingerprint density at radius 2 is 1.95 bits per heavy atom. The SMILES string of the molecule is CCC(CC)(CO)CNS(=O)(=O)c1ccc(=O)[nH]c1. The summed E-state index contributed by atoms with van der Waals surface area (Å²) in [7, 11) is -3.67. The van der Waals surface area contributed by atoms with Crippen molar-refractivity contribution in [3.05, 3.63) is 28.7 Å². The summed E-state index contributed by atoms with van der Waals surface area (Å²) < 4.78 is 26.5. The van der Waals surface area contributed by atoms with E-state index in [9.17, 15) is 18.3 Å². The molecule has 0 bridgehead atoms. The van der Waals surface area contributed by atoms with Crippen LogP contribution in [0.15, 0.2) is 28.0 Å². The summed E-state index contributed by atoms with van der Waals surface area (Å²) in [6.45, 7) is 3.91. The lowest BCUT2D eigenvalue weighted by Gasteiger charge is -2.29. The molecule has 0 saturated heterocycles. The van der Waals surface area contributed by atoms with Crippen molar-refractivity contribution in [2.45, 2.75) is 31.6 Å². The van der Waals surface area contributed by atoms with E-state index >= 15 is 0 Å². The first-order chi connectivity index (χ1) is 8.89. The maximum atomic E-state index is 12.0. The minimum absolute atomic E-state index is 0.00569. The van der Waals surface area contributed by atoms with Crippen molar-refractivity contribution in [1.29, 1.82) is 0 Å². The topological polar surface area (TPSA) is 99.3 Å². The lowest BCUT2D eigenvalue weighted by Crippen LogP contribution is -2.39. The molecule has 0 aliphatic rings. The molecule has 108 valence electrons. The highest BCUT2D eigenvalue weighted by Gasteiger charge is 2.27. The Kier molecular flexibility index (Phi) is 5.28. The van der Waals surface area contributed by atoms with Crippen molar-refractivity contribution in [3.8, 4) is 0 Å². The molecular weight excluding hydrogens is 268 g/mol. The second-order valence-corrected chi connectivity index (χ2v) is 6.35. The van der Waals surface area contributed by atoms with Crippen LogP contribution < -0.4 is 10.3 Å². The summed E-state index contributed by atoms with van der Waals surface area (Å²) in [4.78, 5) is 13.2. The number of aliphatic hydroxyl groups excluding tert-OH is 1. The molecule has 0 radical (unpaired) electrons. The summed E-state index contributed by atoms with van der Waals surface area (Å²) in [5.41, 5.74) is -0.805. The number of aromatic amines is 1. The molecule has 1 aromatic heterocycles. The second-order valence-electron chi connectivity index (χ2n) is 4.58. The molecule has 0 unspecified atom stereocenters. The number of hydrogen-bond acceptors (Lipinski definition) is 4. The molecule has 0 atom stereocenters. The van der Waals surface area contributed by atoms with E-state index in [1.54, 1.807) is 0 Å². The van der Waals surface area contributed by atoms with Crippen LogP contribution in [0.5, 0.6) is 0 Å². The molecule has 19 heavy (non-hydrogen) atoms. The normalized spacial score (nSPS) is 12.6. The van der Waals surface area contributed by atoms with Crippen LogP contribution in [0.2, 0.25) is 0 Å². The van der Waals surface area contributed by atoms with Crippen LogP contribution in [-0.2, 0) is 10.0 Å². The van der Waals surface area contributed by atoms with Gasteiger partial charge in [0.05, 0.1) is 4.90 Å². The van der Waals surface area contributed by atoms with Gasteiger partial charge in [0.2, 0.25) is 15.6 Å². The number of hydrogen-bond donors (Lipinski definition) is 3. The van der Waals surface area contributed by atoms with Gasteiger partial charge in [-0.15, -0.1) is 0 Å². The lowest BCUT2D eigenvalue weighted by atomic mass is 9.84.